The molecule has 0 saturated heterocycles. The molecule has 0 heterocycles. The Balaban J connectivity index is 1.81. The van der Waals surface area contributed by atoms with Crippen LogP contribution in [0.1, 0.15) is 38.2 Å². The van der Waals surface area contributed by atoms with Crippen molar-refractivity contribution in [2.75, 3.05) is 6.61 Å². The molecular weight excluding hydrogens is 250 g/mol. The van der Waals surface area contributed by atoms with E-state index in [2.05, 4.69) is 6.92 Å². The zero-order valence-electron chi connectivity index (χ0n) is 11.4. The van der Waals surface area contributed by atoms with Gasteiger partial charge in [-0.2, -0.15) is 9.28 Å². The Morgan fingerprint density at radius 1 is 1.11 bits per heavy atom. The number of aryl methyl sites for hydroxylation is 1. The van der Waals surface area contributed by atoms with Gasteiger partial charge in [0.1, 0.15) is 0 Å². The first-order valence-electron chi connectivity index (χ1n) is 6.82. The van der Waals surface area contributed by atoms with E-state index in [1.165, 1.54) is 31.9 Å². The van der Waals surface area contributed by atoms with E-state index >= 15 is 0 Å². The fourth-order valence-electron chi connectivity index (χ4n) is 2.38. The Labute approximate surface area is 112 Å². The van der Waals surface area contributed by atoms with Crippen LogP contribution in [0.5, 0.6) is 5.75 Å². The van der Waals surface area contributed by atoms with Crippen molar-refractivity contribution in [2.45, 2.75) is 39.5 Å². The molecule has 0 radical (unpaired) electrons. The molecule has 0 bridgehead atoms. The van der Waals surface area contributed by atoms with Crippen LogP contribution in [0.4, 0.5) is 8.78 Å². The van der Waals surface area contributed by atoms with Crippen LogP contribution < -0.4 is 4.89 Å². The highest BCUT2D eigenvalue weighted by Gasteiger charge is 2.19. The van der Waals surface area contributed by atoms with Gasteiger partial charge in [0.05, 0.1) is 6.61 Å². The normalized spacial score (nSPS) is 23.4. The zero-order chi connectivity index (χ0) is 13.8. The highest BCUT2D eigenvalue weighted by atomic mass is 19.2. The maximum Gasteiger partial charge on any atom is 0.205 e. The molecule has 1 aliphatic rings. The summed E-state index contributed by atoms with van der Waals surface area (Å²) in [5.41, 5.74) is 0.256. The highest BCUT2D eigenvalue weighted by molar-refractivity contribution is 5.29. The molecule has 0 aromatic heterocycles. The second-order valence-corrected chi connectivity index (χ2v) is 5.50. The summed E-state index contributed by atoms with van der Waals surface area (Å²) in [4.78, 5) is 9.95. The molecule has 0 amide bonds. The SMILES string of the molecule is Cc1ccc(OOCC2CCC(C)CC2)c(F)c1F. The fourth-order valence-corrected chi connectivity index (χ4v) is 2.38. The van der Waals surface area contributed by atoms with Gasteiger partial charge >= 0.3 is 0 Å². The van der Waals surface area contributed by atoms with Gasteiger partial charge in [-0.25, -0.2) is 4.39 Å². The smallest absolute Gasteiger partial charge is 0.205 e. The van der Waals surface area contributed by atoms with E-state index in [9.17, 15) is 8.78 Å². The van der Waals surface area contributed by atoms with Gasteiger partial charge in [-0.1, -0.05) is 25.8 Å². The number of rotatable bonds is 4. The van der Waals surface area contributed by atoms with Crippen LogP contribution in [0.25, 0.3) is 0 Å². The lowest BCUT2D eigenvalue weighted by Crippen LogP contribution is -2.18. The van der Waals surface area contributed by atoms with Crippen molar-refractivity contribution >= 4 is 0 Å². The largest absolute Gasteiger partial charge is 0.334 e. The van der Waals surface area contributed by atoms with Gasteiger partial charge in [-0.3, -0.25) is 0 Å². The van der Waals surface area contributed by atoms with E-state index in [4.69, 9.17) is 9.78 Å². The van der Waals surface area contributed by atoms with Crippen LogP contribution in [0.2, 0.25) is 0 Å². The van der Waals surface area contributed by atoms with E-state index in [-0.39, 0.29) is 11.3 Å². The molecule has 0 aliphatic heterocycles. The highest BCUT2D eigenvalue weighted by Crippen LogP contribution is 2.29. The second kappa shape index (κ2) is 6.33. The minimum atomic E-state index is -0.989. The molecule has 2 nitrogen and oxygen atoms in total. The van der Waals surface area contributed by atoms with Crippen molar-refractivity contribution < 1.29 is 18.6 Å². The van der Waals surface area contributed by atoms with Gasteiger partial charge in [-0.05, 0) is 43.2 Å². The maximum absolute atomic E-state index is 13.5. The number of halogens is 2. The van der Waals surface area contributed by atoms with Crippen molar-refractivity contribution in [1.82, 2.24) is 0 Å². The number of benzene rings is 1. The van der Waals surface area contributed by atoms with E-state index in [1.54, 1.807) is 0 Å². The fraction of sp³-hybridized carbons (Fsp3) is 0.600. The molecule has 1 aliphatic carbocycles. The number of hydrogen-bond donors (Lipinski definition) is 0. The standard InChI is InChI=1S/C15H20F2O2/c1-10-3-6-12(7-4-10)9-18-19-13-8-5-11(2)14(16)15(13)17/h5,8,10,12H,3-4,6-7,9H2,1-2H3. The van der Waals surface area contributed by atoms with Crippen molar-refractivity contribution in [1.29, 1.82) is 0 Å². The first kappa shape index (κ1) is 14.3. The summed E-state index contributed by atoms with van der Waals surface area (Å²) in [5.74, 6) is -0.826. The lowest BCUT2D eigenvalue weighted by atomic mass is 9.83. The van der Waals surface area contributed by atoms with Crippen LogP contribution in [-0.2, 0) is 4.89 Å². The van der Waals surface area contributed by atoms with E-state index in [1.807, 2.05) is 0 Å². The Morgan fingerprint density at radius 3 is 2.47 bits per heavy atom. The molecular formula is C15H20F2O2. The summed E-state index contributed by atoms with van der Waals surface area (Å²) in [6.45, 7) is 4.19. The lowest BCUT2D eigenvalue weighted by molar-refractivity contribution is -0.220. The molecule has 106 valence electrons. The average molecular weight is 270 g/mol. The summed E-state index contributed by atoms with van der Waals surface area (Å²) in [6, 6.07) is 2.86. The van der Waals surface area contributed by atoms with Crippen LogP contribution >= 0.6 is 0 Å². The molecule has 1 fully saturated rings. The summed E-state index contributed by atoms with van der Waals surface area (Å²) in [6.07, 6.45) is 4.60. The summed E-state index contributed by atoms with van der Waals surface area (Å²) >= 11 is 0. The Hall–Kier alpha value is -1.16. The minimum Gasteiger partial charge on any atom is -0.334 e. The third-order valence-corrected chi connectivity index (χ3v) is 3.83. The average Bonchev–Trinajstić information content (AvgIpc) is 2.41. The molecule has 1 aromatic carbocycles. The third kappa shape index (κ3) is 3.66. The molecule has 0 spiro atoms. The van der Waals surface area contributed by atoms with Crippen LogP contribution in [0.15, 0.2) is 12.1 Å². The van der Waals surface area contributed by atoms with Gasteiger partial charge in [0.25, 0.3) is 0 Å². The maximum atomic E-state index is 13.5. The second-order valence-electron chi connectivity index (χ2n) is 5.50. The minimum absolute atomic E-state index is 0.188. The predicted octanol–water partition coefficient (Wildman–Crippen LogP) is 4.41. The Morgan fingerprint density at radius 2 is 1.79 bits per heavy atom. The van der Waals surface area contributed by atoms with Gasteiger partial charge in [0, 0.05) is 0 Å². The van der Waals surface area contributed by atoms with Crippen LogP contribution in [0.3, 0.4) is 0 Å². The zero-order valence-corrected chi connectivity index (χ0v) is 11.4. The Bertz CT molecular complexity index is 426. The first-order chi connectivity index (χ1) is 9.08. The molecule has 19 heavy (non-hydrogen) atoms. The van der Waals surface area contributed by atoms with Crippen molar-refractivity contribution in [3.63, 3.8) is 0 Å². The predicted molar refractivity (Wildman–Crippen MR) is 68.8 cm³/mol. The van der Waals surface area contributed by atoms with Crippen molar-refractivity contribution in [3.8, 4) is 5.75 Å². The summed E-state index contributed by atoms with van der Waals surface area (Å²) < 4.78 is 26.8. The van der Waals surface area contributed by atoms with Gasteiger partial charge in [0.15, 0.2) is 5.82 Å². The van der Waals surface area contributed by atoms with Gasteiger partial charge in [-0.15, -0.1) is 0 Å². The number of hydrogen-bond acceptors (Lipinski definition) is 2. The molecule has 4 heteroatoms. The van der Waals surface area contributed by atoms with Crippen LogP contribution in [-0.4, -0.2) is 6.61 Å². The molecule has 0 N–H and O–H groups in total. The molecule has 1 saturated carbocycles. The monoisotopic (exact) mass is 270 g/mol. The van der Waals surface area contributed by atoms with Crippen molar-refractivity contribution in [2.24, 2.45) is 11.8 Å². The van der Waals surface area contributed by atoms with E-state index < -0.39 is 11.6 Å². The van der Waals surface area contributed by atoms with E-state index in [0.29, 0.717) is 12.5 Å². The Kier molecular flexibility index (Phi) is 4.75. The lowest BCUT2D eigenvalue weighted by Gasteiger charge is -2.25. The molecule has 1 aromatic rings. The van der Waals surface area contributed by atoms with Crippen LogP contribution in [0, 0.1) is 30.4 Å². The molecule has 0 atom stereocenters. The topological polar surface area (TPSA) is 18.5 Å². The molecule has 0 unspecified atom stereocenters. The van der Waals surface area contributed by atoms with Gasteiger partial charge < -0.3 is 4.89 Å². The van der Waals surface area contributed by atoms with Gasteiger partial charge in [0.2, 0.25) is 11.6 Å². The quantitative estimate of drug-likeness (QED) is 0.596. The summed E-state index contributed by atoms with van der Waals surface area (Å²) in [7, 11) is 0. The molecule has 2 rings (SSSR count). The van der Waals surface area contributed by atoms with Crippen molar-refractivity contribution in [3.05, 3.63) is 29.3 Å². The first-order valence-corrected chi connectivity index (χ1v) is 6.82. The van der Waals surface area contributed by atoms with E-state index in [0.717, 1.165) is 18.8 Å². The summed E-state index contributed by atoms with van der Waals surface area (Å²) in [5, 5.41) is 0. The third-order valence-electron chi connectivity index (χ3n) is 3.83.